The Balaban J connectivity index is 1.69. The molecule has 0 saturated carbocycles. The zero-order chi connectivity index (χ0) is 24.6. The van der Waals surface area contributed by atoms with Gasteiger partial charge in [-0.3, -0.25) is 19.4 Å². The summed E-state index contributed by atoms with van der Waals surface area (Å²) in [5.41, 5.74) is 1.13. The van der Waals surface area contributed by atoms with E-state index in [1.54, 1.807) is 30.3 Å². The van der Waals surface area contributed by atoms with Gasteiger partial charge in [0, 0.05) is 17.1 Å². The lowest BCUT2D eigenvalue weighted by molar-refractivity contribution is -0.00489. The van der Waals surface area contributed by atoms with Crippen LogP contribution in [0, 0.1) is 0 Å². The molecule has 0 fully saturated rings. The number of imide groups is 1. The van der Waals surface area contributed by atoms with Crippen molar-refractivity contribution in [3.05, 3.63) is 63.7 Å². The van der Waals surface area contributed by atoms with Crippen LogP contribution in [0.2, 0.25) is 5.02 Å². The number of benzene rings is 2. The predicted octanol–water partition coefficient (Wildman–Crippen LogP) is 5.35. The van der Waals surface area contributed by atoms with Gasteiger partial charge < -0.3 is 9.84 Å². The number of ether oxygens (including phenoxy) is 1. The first kappa shape index (κ1) is 24.1. The van der Waals surface area contributed by atoms with Crippen LogP contribution in [-0.2, 0) is 11.2 Å². The van der Waals surface area contributed by atoms with Crippen LogP contribution >= 0.6 is 11.6 Å². The van der Waals surface area contributed by atoms with Gasteiger partial charge in [0.15, 0.2) is 0 Å². The van der Waals surface area contributed by atoms with Crippen molar-refractivity contribution < 1.29 is 24.2 Å². The number of hydrogen-bond donors (Lipinski definition) is 1. The molecule has 0 bridgehead atoms. The second-order valence-corrected chi connectivity index (χ2v) is 9.82. The van der Waals surface area contributed by atoms with Gasteiger partial charge in [0.2, 0.25) is 0 Å². The molecule has 0 spiro atoms. The average molecular weight is 485 g/mol. The fourth-order valence-corrected chi connectivity index (χ4v) is 4.99. The third kappa shape index (κ3) is 4.37. The van der Waals surface area contributed by atoms with E-state index in [4.69, 9.17) is 16.3 Å². The Labute approximate surface area is 204 Å². The van der Waals surface area contributed by atoms with Crippen molar-refractivity contribution in [3.63, 3.8) is 0 Å². The van der Waals surface area contributed by atoms with Gasteiger partial charge in [0.05, 0.1) is 23.7 Å². The Hall–Kier alpha value is -3.06. The third-order valence-corrected chi connectivity index (χ3v) is 6.91. The summed E-state index contributed by atoms with van der Waals surface area (Å²) >= 11 is 6.42. The highest BCUT2D eigenvalue weighted by molar-refractivity contribution is 6.31. The van der Waals surface area contributed by atoms with E-state index in [0.717, 1.165) is 17.7 Å². The minimum absolute atomic E-state index is 0.0382. The third-order valence-electron chi connectivity index (χ3n) is 6.55. The van der Waals surface area contributed by atoms with Gasteiger partial charge in [0.25, 0.3) is 11.8 Å². The molecule has 180 valence electrons. The minimum atomic E-state index is -0.792. The molecule has 0 aliphatic carbocycles. The van der Waals surface area contributed by atoms with Crippen LogP contribution in [0.5, 0.6) is 5.75 Å². The number of rotatable bonds is 6. The molecule has 2 aromatic carbocycles. The van der Waals surface area contributed by atoms with Crippen molar-refractivity contribution in [2.45, 2.75) is 58.1 Å². The average Bonchev–Trinajstić information content (AvgIpc) is 3.04. The smallest absolute Gasteiger partial charge is 0.410 e. The summed E-state index contributed by atoms with van der Waals surface area (Å²) in [5.74, 6) is -0.888. The van der Waals surface area contributed by atoms with Gasteiger partial charge >= 0.3 is 6.09 Å². The summed E-state index contributed by atoms with van der Waals surface area (Å²) in [6.07, 6.45) is 2.48. The molecule has 0 radical (unpaired) electrons. The number of carbonyl (C=O) groups excluding carboxylic acids is 3. The number of carbonyl (C=O) groups is 3. The van der Waals surface area contributed by atoms with E-state index >= 15 is 0 Å². The van der Waals surface area contributed by atoms with E-state index in [0.29, 0.717) is 40.1 Å². The zero-order valence-corrected chi connectivity index (χ0v) is 20.4. The molecule has 2 heterocycles. The normalized spacial score (nSPS) is 17.6. The lowest BCUT2D eigenvalue weighted by atomic mass is 9.91. The van der Waals surface area contributed by atoms with E-state index in [9.17, 15) is 19.5 Å². The van der Waals surface area contributed by atoms with Crippen LogP contribution in [-0.4, -0.2) is 51.5 Å². The molecule has 4 rings (SSSR count). The van der Waals surface area contributed by atoms with Gasteiger partial charge in [-0.2, -0.15) is 0 Å². The summed E-state index contributed by atoms with van der Waals surface area (Å²) in [4.78, 5) is 42.1. The topological polar surface area (TPSA) is 87.2 Å². The number of unbranched alkanes of at least 4 members (excludes halogenated alkanes) is 1. The summed E-state index contributed by atoms with van der Waals surface area (Å²) in [7, 11) is 0. The zero-order valence-electron chi connectivity index (χ0n) is 19.6. The largest absolute Gasteiger partial charge is 0.508 e. The molecular weight excluding hydrogens is 456 g/mol. The van der Waals surface area contributed by atoms with Crippen molar-refractivity contribution >= 4 is 29.5 Å². The maximum absolute atomic E-state index is 13.3. The summed E-state index contributed by atoms with van der Waals surface area (Å²) in [6, 6.07) is 8.92. The van der Waals surface area contributed by atoms with Crippen molar-refractivity contribution in [1.82, 2.24) is 9.80 Å². The Bertz CT molecular complexity index is 1110. The van der Waals surface area contributed by atoms with Crippen molar-refractivity contribution in [2.24, 2.45) is 0 Å². The monoisotopic (exact) mass is 484 g/mol. The summed E-state index contributed by atoms with van der Waals surface area (Å²) in [5, 5.41) is 11.2. The molecule has 7 nitrogen and oxygen atoms in total. The highest BCUT2D eigenvalue weighted by atomic mass is 35.5. The van der Waals surface area contributed by atoms with Gasteiger partial charge in [-0.1, -0.05) is 37.1 Å². The molecule has 3 amide bonds. The summed E-state index contributed by atoms with van der Waals surface area (Å²) in [6.45, 7) is 5.98. The minimum Gasteiger partial charge on any atom is -0.508 e. The Morgan fingerprint density at radius 3 is 2.41 bits per heavy atom. The molecule has 1 unspecified atom stereocenters. The second kappa shape index (κ2) is 9.29. The van der Waals surface area contributed by atoms with E-state index < -0.39 is 29.6 Å². The van der Waals surface area contributed by atoms with Gasteiger partial charge in [0.1, 0.15) is 11.4 Å². The molecule has 0 aromatic heterocycles. The van der Waals surface area contributed by atoms with Crippen molar-refractivity contribution in [1.29, 1.82) is 0 Å². The lowest BCUT2D eigenvalue weighted by Gasteiger charge is -2.40. The Morgan fingerprint density at radius 1 is 1.15 bits per heavy atom. The fourth-order valence-electron chi connectivity index (χ4n) is 4.73. The van der Waals surface area contributed by atoms with E-state index in [-0.39, 0.29) is 18.8 Å². The highest BCUT2D eigenvalue weighted by Crippen LogP contribution is 2.41. The molecule has 1 N–H and O–H groups in total. The second-order valence-electron chi connectivity index (χ2n) is 9.42. The van der Waals surface area contributed by atoms with Crippen LogP contribution in [0.25, 0.3) is 0 Å². The van der Waals surface area contributed by atoms with E-state index in [2.05, 4.69) is 6.92 Å². The number of phenolic OH excluding ortho intramolecular Hbond substituents is 1. The lowest BCUT2D eigenvalue weighted by Crippen LogP contribution is -2.48. The van der Waals surface area contributed by atoms with E-state index in [1.165, 1.54) is 11.0 Å². The first-order chi connectivity index (χ1) is 16.1. The number of halogens is 1. The Morgan fingerprint density at radius 2 is 1.79 bits per heavy atom. The molecule has 34 heavy (non-hydrogen) atoms. The first-order valence-corrected chi connectivity index (χ1v) is 12.0. The van der Waals surface area contributed by atoms with Crippen molar-refractivity contribution in [2.75, 3.05) is 13.1 Å². The standard InChI is InChI=1S/C26H29ClN2O5/c1-4-5-13-26(2,3)34-25(33)28-14-12-18-19(27)10-11-21(30)22(18)20(28)15-29-23(31)16-8-6-7-9-17(16)24(29)32/h6-11,20,30H,4-5,12-15H2,1-3H3. The van der Waals surface area contributed by atoms with Crippen LogP contribution in [0.1, 0.15) is 77.9 Å². The van der Waals surface area contributed by atoms with Gasteiger partial charge in [-0.05, 0) is 62.9 Å². The fraction of sp³-hybridized carbons (Fsp3) is 0.423. The van der Waals surface area contributed by atoms with E-state index in [1.807, 2.05) is 13.8 Å². The molecule has 2 aromatic rings. The molecule has 8 heteroatoms. The van der Waals surface area contributed by atoms with Crippen LogP contribution in [0.15, 0.2) is 36.4 Å². The van der Waals surface area contributed by atoms with Crippen LogP contribution in [0.3, 0.4) is 0 Å². The highest BCUT2D eigenvalue weighted by Gasteiger charge is 2.42. The molecule has 1 atom stereocenters. The number of fused-ring (bicyclic) bond motifs is 2. The van der Waals surface area contributed by atoms with Crippen molar-refractivity contribution in [3.8, 4) is 5.75 Å². The quantitative estimate of drug-likeness (QED) is 0.559. The Kier molecular flexibility index (Phi) is 6.58. The maximum Gasteiger partial charge on any atom is 0.410 e. The number of hydrogen-bond acceptors (Lipinski definition) is 5. The first-order valence-electron chi connectivity index (χ1n) is 11.6. The molecule has 0 saturated heterocycles. The number of nitrogens with zero attached hydrogens (tertiary/aromatic N) is 2. The SMILES string of the molecule is CCCCC(C)(C)OC(=O)N1CCc2c(Cl)ccc(O)c2C1CN1C(=O)c2ccccc2C1=O. The number of phenols is 1. The van der Waals surface area contributed by atoms with Gasteiger partial charge in [-0.25, -0.2) is 4.79 Å². The van der Waals surface area contributed by atoms with Crippen LogP contribution in [0.4, 0.5) is 4.79 Å². The van der Waals surface area contributed by atoms with Gasteiger partial charge in [-0.15, -0.1) is 0 Å². The summed E-state index contributed by atoms with van der Waals surface area (Å²) < 4.78 is 5.86. The molecular formula is C26H29ClN2O5. The predicted molar refractivity (Wildman–Crippen MR) is 128 cm³/mol. The maximum atomic E-state index is 13.3. The number of aromatic hydroxyl groups is 1. The molecule has 2 aliphatic heterocycles. The molecule has 2 aliphatic rings. The number of amides is 3. The van der Waals surface area contributed by atoms with Crippen LogP contribution < -0.4 is 0 Å².